The summed E-state index contributed by atoms with van der Waals surface area (Å²) in [7, 11) is 3.04. The fourth-order valence-electron chi connectivity index (χ4n) is 3.96. The van der Waals surface area contributed by atoms with Crippen molar-refractivity contribution in [1.29, 1.82) is 0 Å². The van der Waals surface area contributed by atoms with Crippen molar-refractivity contribution in [3.63, 3.8) is 0 Å². The van der Waals surface area contributed by atoms with Gasteiger partial charge < -0.3 is 29.7 Å². The molecule has 0 saturated carbocycles. The average molecular weight is 553 g/mol. The molecule has 0 fully saturated rings. The zero-order valence-electron chi connectivity index (χ0n) is 23.2. The molecule has 214 valence electrons. The molecule has 3 rings (SSSR count). The standard InChI is InChI=1S/C30H37FN4O5/c1-4-5-6-17-40-28-19-25(8-10-27(28)39-3)34-30(37)35(21-23-18-24(31)7-9-26(23)38-2)16-13-29(36)33-20-22-11-14-32-15-12-22/h7-12,14-15,18-19H,4-6,13,16-17,20-21H2,1-3H3,(H,33,36)(H,34,37). The van der Waals surface area contributed by atoms with Crippen LogP contribution in [0.2, 0.25) is 0 Å². The van der Waals surface area contributed by atoms with Gasteiger partial charge in [-0.3, -0.25) is 9.78 Å². The lowest BCUT2D eigenvalue weighted by Gasteiger charge is -2.24. The third-order valence-electron chi connectivity index (χ3n) is 6.16. The maximum absolute atomic E-state index is 14.1. The van der Waals surface area contributed by atoms with Crippen molar-refractivity contribution in [2.24, 2.45) is 0 Å². The zero-order chi connectivity index (χ0) is 28.7. The molecule has 0 aliphatic rings. The van der Waals surface area contributed by atoms with Crippen LogP contribution in [0.1, 0.15) is 43.7 Å². The number of hydrogen-bond donors (Lipinski definition) is 2. The number of ether oxygens (including phenoxy) is 3. The van der Waals surface area contributed by atoms with Gasteiger partial charge in [0.15, 0.2) is 11.5 Å². The van der Waals surface area contributed by atoms with Gasteiger partial charge in [0, 0.05) is 49.2 Å². The van der Waals surface area contributed by atoms with Crippen molar-refractivity contribution < 1.29 is 28.2 Å². The molecule has 0 spiro atoms. The van der Waals surface area contributed by atoms with Gasteiger partial charge in [-0.1, -0.05) is 19.8 Å². The maximum Gasteiger partial charge on any atom is 0.322 e. The number of nitrogens with one attached hydrogen (secondary N) is 2. The van der Waals surface area contributed by atoms with Crippen LogP contribution in [0.15, 0.2) is 60.9 Å². The number of pyridine rings is 1. The Morgan fingerprint density at radius 1 is 0.950 bits per heavy atom. The lowest BCUT2D eigenvalue weighted by molar-refractivity contribution is -0.121. The molecule has 1 heterocycles. The Hall–Kier alpha value is -4.34. The van der Waals surface area contributed by atoms with E-state index in [2.05, 4.69) is 22.5 Å². The Balaban J connectivity index is 1.73. The van der Waals surface area contributed by atoms with Crippen LogP contribution in [0.5, 0.6) is 17.2 Å². The first-order chi connectivity index (χ1) is 19.4. The van der Waals surface area contributed by atoms with Gasteiger partial charge in [0.25, 0.3) is 0 Å². The highest BCUT2D eigenvalue weighted by Crippen LogP contribution is 2.31. The van der Waals surface area contributed by atoms with Crippen molar-refractivity contribution in [2.45, 2.75) is 45.7 Å². The molecular weight excluding hydrogens is 515 g/mol. The second-order valence-corrected chi connectivity index (χ2v) is 9.11. The maximum atomic E-state index is 14.1. The topological polar surface area (TPSA) is 102 Å². The number of hydrogen-bond acceptors (Lipinski definition) is 6. The summed E-state index contributed by atoms with van der Waals surface area (Å²) < 4.78 is 30.7. The number of anilines is 1. The van der Waals surface area contributed by atoms with Crippen molar-refractivity contribution in [3.05, 3.63) is 77.9 Å². The number of urea groups is 1. The van der Waals surface area contributed by atoms with Crippen LogP contribution in [0.25, 0.3) is 0 Å². The average Bonchev–Trinajstić information content (AvgIpc) is 2.97. The molecule has 0 bridgehead atoms. The molecule has 2 aromatic carbocycles. The van der Waals surface area contributed by atoms with Gasteiger partial charge in [-0.25, -0.2) is 9.18 Å². The summed E-state index contributed by atoms with van der Waals surface area (Å²) in [5.74, 6) is 0.833. The smallest absolute Gasteiger partial charge is 0.322 e. The Labute approximate surface area is 234 Å². The summed E-state index contributed by atoms with van der Waals surface area (Å²) in [6.45, 7) is 3.11. The van der Waals surface area contributed by atoms with Gasteiger partial charge in [-0.05, 0) is 54.4 Å². The van der Waals surface area contributed by atoms with Crippen LogP contribution in [0, 0.1) is 5.82 Å². The lowest BCUT2D eigenvalue weighted by atomic mass is 10.1. The number of carbonyl (C=O) groups is 2. The number of halogens is 1. The van der Waals surface area contributed by atoms with Gasteiger partial charge in [-0.2, -0.15) is 0 Å². The SMILES string of the molecule is CCCCCOc1cc(NC(=O)N(CCC(=O)NCc2ccncc2)Cc2cc(F)ccc2OC)ccc1OC. The minimum Gasteiger partial charge on any atom is -0.496 e. The molecular formula is C30H37FN4O5. The van der Waals surface area contributed by atoms with E-state index in [1.54, 1.807) is 37.7 Å². The lowest BCUT2D eigenvalue weighted by Crippen LogP contribution is -2.37. The summed E-state index contributed by atoms with van der Waals surface area (Å²) in [6, 6.07) is 12.4. The molecule has 9 nitrogen and oxygen atoms in total. The predicted octanol–water partition coefficient (Wildman–Crippen LogP) is 5.55. The van der Waals surface area contributed by atoms with E-state index in [0.29, 0.717) is 41.7 Å². The van der Waals surface area contributed by atoms with Crippen LogP contribution in [0.4, 0.5) is 14.9 Å². The van der Waals surface area contributed by atoms with E-state index in [0.717, 1.165) is 24.8 Å². The number of rotatable bonds is 15. The molecule has 0 unspecified atom stereocenters. The quantitative estimate of drug-likeness (QED) is 0.240. The second kappa shape index (κ2) is 15.9. The molecule has 0 saturated heterocycles. The summed E-state index contributed by atoms with van der Waals surface area (Å²) in [5.41, 5.74) is 1.88. The summed E-state index contributed by atoms with van der Waals surface area (Å²) in [6.07, 6.45) is 6.38. The third-order valence-corrected chi connectivity index (χ3v) is 6.16. The van der Waals surface area contributed by atoms with Gasteiger partial charge >= 0.3 is 6.03 Å². The van der Waals surface area contributed by atoms with Gasteiger partial charge in [0.05, 0.1) is 27.4 Å². The third kappa shape index (κ3) is 9.44. The first-order valence-electron chi connectivity index (χ1n) is 13.3. The summed E-state index contributed by atoms with van der Waals surface area (Å²) >= 11 is 0. The van der Waals surface area contributed by atoms with E-state index in [9.17, 15) is 14.0 Å². The molecule has 3 amide bonds. The van der Waals surface area contributed by atoms with E-state index >= 15 is 0 Å². The number of carbonyl (C=O) groups excluding carboxylic acids is 2. The first-order valence-corrected chi connectivity index (χ1v) is 13.3. The second-order valence-electron chi connectivity index (χ2n) is 9.11. The van der Waals surface area contributed by atoms with E-state index in [4.69, 9.17) is 14.2 Å². The highest BCUT2D eigenvalue weighted by Gasteiger charge is 2.19. The van der Waals surface area contributed by atoms with Crippen molar-refractivity contribution in [2.75, 3.05) is 32.7 Å². The minimum absolute atomic E-state index is 0.0287. The Bertz CT molecular complexity index is 1240. The predicted molar refractivity (Wildman–Crippen MR) is 151 cm³/mol. The number of benzene rings is 2. The normalized spacial score (nSPS) is 10.5. The van der Waals surface area contributed by atoms with Crippen molar-refractivity contribution >= 4 is 17.6 Å². The van der Waals surface area contributed by atoms with Crippen molar-refractivity contribution in [1.82, 2.24) is 15.2 Å². The molecule has 0 aliphatic heterocycles. The molecule has 40 heavy (non-hydrogen) atoms. The van der Waals surface area contributed by atoms with Crippen LogP contribution in [-0.4, -0.2) is 49.2 Å². The van der Waals surface area contributed by atoms with Gasteiger partial charge in [0.2, 0.25) is 5.91 Å². The summed E-state index contributed by atoms with van der Waals surface area (Å²) in [4.78, 5) is 31.4. The van der Waals surface area contributed by atoms with Crippen molar-refractivity contribution in [3.8, 4) is 17.2 Å². The van der Waals surface area contributed by atoms with Crippen LogP contribution < -0.4 is 24.8 Å². The number of aromatic nitrogens is 1. The van der Waals surface area contributed by atoms with Gasteiger partial charge in [-0.15, -0.1) is 0 Å². The fraction of sp³-hybridized carbons (Fsp3) is 0.367. The minimum atomic E-state index is -0.463. The number of nitrogens with zero attached hydrogens (tertiary/aromatic N) is 2. The first kappa shape index (κ1) is 30.2. The monoisotopic (exact) mass is 552 g/mol. The molecule has 10 heteroatoms. The largest absolute Gasteiger partial charge is 0.496 e. The zero-order valence-corrected chi connectivity index (χ0v) is 23.2. The molecule has 0 radical (unpaired) electrons. The van der Waals surface area contributed by atoms with Crippen LogP contribution in [0.3, 0.4) is 0 Å². The summed E-state index contributed by atoms with van der Waals surface area (Å²) in [5, 5.41) is 5.71. The highest BCUT2D eigenvalue weighted by atomic mass is 19.1. The Morgan fingerprint density at radius 3 is 2.42 bits per heavy atom. The van der Waals surface area contributed by atoms with E-state index in [-0.39, 0.29) is 25.4 Å². The Morgan fingerprint density at radius 2 is 1.70 bits per heavy atom. The van der Waals surface area contributed by atoms with E-state index in [1.807, 2.05) is 12.1 Å². The molecule has 1 aromatic heterocycles. The van der Waals surface area contributed by atoms with E-state index in [1.165, 1.54) is 30.2 Å². The fourth-order valence-corrected chi connectivity index (χ4v) is 3.96. The molecule has 2 N–H and O–H groups in total. The number of methoxy groups -OCH3 is 2. The molecule has 0 atom stereocenters. The highest BCUT2D eigenvalue weighted by molar-refractivity contribution is 5.90. The number of amides is 3. The number of unbranched alkanes of at least 4 members (excludes halogenated alkanes) is 2. The Kier molecular flexibility index (Phi) is 12.0. The molecule has 0 aliphatic carbocycles. The molecule has 3 aromatic rings. The van der Waals surface area contributed by atoms with Gasteiger partial charge in [0.1, 0.15) is 11.6 Å². The van der Waals surface area contributed by atoms with Crippen LogP contribution >= 0.6 is 0 Å². The van der Waals surface area contributed by atoms with Crippen LogP contribution in [-0.2, 0) is 17.9 Å². The van der Waals surface area contributed by atoms with E-state index < -0.39 is 11.8 Å².